The second kappa shape index (κ2) is 10.6. The Morgan fingerprint density at radius 3 is 2.46 bits per heavy atom. The van der Waals surface area contributed by atoms with Gasteiger partial charge in [0.05, 0.1) is 37.2 Å². The van der Waals surface area contributed by atoms with E-state index in [9.17, 15) is 31.1 Å². The quantitative estimate of drug-likeness (QED) is 0.408. The van der Waals surface area contributed by atoms with E-state index in [1.54, 1.807) is 20.8 Å². The smallest absolute Gasteiger partial charge is 0.408 e. The predicted molar refractivity (Wildman–Crippen MR) is 123 cm³/mol. The standard InChI is InChI=1S/C23H32F6N6O2/c1-20(2,3)37-19(36)34-18(15-4-6-21(24,25)7-5-15)16-11-35-17(33-16)8-14(10-32-35)9-31-13-23(28,29)22(26,27)12-30/h8,10-11,15,18,31H,4-7,9,12-13,30H2,1-3H3,(H,34,36)/t18-/m0/s1. The molecule has 0 spiro atoms. The number of alkyl halides is 6. The molecule has 0 aliphatic heterocycles. The molecule has 0 bridgehead atoms. The average molecular weight is 539 g/mol. The first-order valence-corrected chi connectivity index (χ1v) is 11.9. The summed E-state index contributed by atoms with van der Waals surface area (Å²) >= 11 is 0. The molecule has 1 aliphatic carbocycles. The zero-order chi connectivity index (χ0) is 27.6. The van der Waals surface area contributed by atoms with Crippen molar-refractivity contribution in [1.82, 2.24) is 25.2 Å². The first kappa shape index (κ1) is 29.0. The Kier molecular flexibility index (Phi) is 8.32. The Balaban J connectivity index is 1.77. The molecule has 208 valence electrons. The normalized spacial score (nSPS) is 18.1. The van der Waals surface area contributed by atoms with Crippen molar-refractivity contribution in [3.63, 3.8) is 0 Å². The Hall–Kier alpha value is -2.61. The van der Waals surface area contributed by atoms with Crippen molar-refractivity contribution in [2.24, 2.45) is 11.7 Å². The van der Waals surface area contributed by atoms with Gasteiger partial charge in [0, 0.05) is 19.4 Å². The molecular formula is C23H32F6N6O2. The van der Waals surface area contributed by atoms with E-state index in [2.05, 4.69) is 20.7 Å². The van der Waals surface area contributed by atoms with Gasteiger partial charge in [0.25, 0.3) is 0 Å². The van der Waals surface area contributed by atoms with Crippen LogP contribution in [0.3, 0.4) is 0 Å². The van der Waals surface area contributed by atoms with Gasteiger partial charge in [0.1, 0.15) is 5.60 Å². The van der Waals surface area contributed by atoms with Crippen LogP contribution in [0.5, 0.6) is 0 Å². The van der Waals surface area contributed by atoms with Crippen LogP contribution < -0.4 is 16.4 Å². The molecule has 0 radical (unpaired) electrons. The summed E-state index contributed by atoms with van der Waals surface area (Å²) < 4.78 is 88.2. The van der Waals surface area contributed by atoms with Crippen LogP contribution in [0.2, 0.25) is 0 Å². The summed E-state index contributed by atoms with van der Waals surface area (Å²) in [6.45, 7) is 2.11. The number of halogens is 6. The SMILES string of the molecule is CC(C)(C)OC(=O)N[C@H](c1cn2ncc(CNCC(F)(F)C(F)(F)CN)cc2n1)C1CCC(F)(F)CC1. The zero-order valence-electron chi connectivity index (χ0n) is 20.8. The maximum absolute atomic E-state index is 13.8. The lowest BCUT2D eigenvalue weighted by Gasteiger charge is -2.33. The maximum Gasteiger partial charge on any atom is 0.408 e. The molecule has 2 aromatic heterocycles. The van der Waals surface area contributed by atoms with Gasteiger partial charge in [0.2, 0.25) is 5.92 Å². The maximum atomic E-state index is 13.8. The second-order valence-electron chi connectivity index (χ2n) is 10.4. The van der Waals surface area contributed by atoms with Crippen molar-refractivity contribution >= 4 is 11.7 Å². The molecule has 4 N–H and O–H groups in total. The number of aromatic nitrogens is 3. The molecule has 3 rings (SSSR count). The van der Waals surface area contributed by atoms with Crippen LogP contribution in [0, 0.1) is 5.92 Å². The monoisotopic (exact) mass is 538 g/mol. The Morgan fingerprint density at radius 1 is 1.22 bits per heavy atom. The average Bonchev–Trinajstić information content (AvgIpc) is 3.19. The Labute approximate surface area is 210 Å². The fraction of sp³-hybridized carbons (Fsp3) is 0.696. The summed E-state index contributed by atoms with van der Waals surface area (Å²) in [5, 5.41) is 9.19. The number of hydrogen-bond donors (Lipinski definition) is 3. The highest BCUT2D eigenvalue weighted by Gasteiger charge is 2.54. The number of imidazole rings is 1. The molecule has 0 unspecified atom stereocenters. The summed E-state index contributed by atoms with van der Waals surface area (Å²) in [6.07, 6.45) is 1.84. The van der Waals surface area contributed by atoms with Gasteiger partial charge in [-0.25, -0.2) is 23.1 Å². The fourth-order valence-corrected chi connectivity index (χ4v) is 4.09. The molecule has 1 fully saturated rings. The highest BCUT2D eigenvalue weighted by atomic mass is 19.3. The van der Waals surface area contributed by atoms with Gasteiger partial charge in [-0.15, -0.1) is 0 Å². The summed E-state index contributed by atoms with van der Waals surface area (Å²) in [5.41, 5.74) is 5.02. The highest BCUT2D eigenvalue weighted by molar-refractivity contribution is 5.68. The van der Waals surface area contributed by atoms with Crippen LogP contribution in [-0.4, -0.2) is 57.1 Å². The summed E-state index contributed by atoms with van der Waals surface area (Å²) in [5.74, 6) is -11.8. The van der Waals surface area contributed by atoms with E-state index in [4.69, 9.17) is 10.5 Å². The number of nitrogens with one attached hydrogen (secondary N) is 2. The van der Waals surface area contributed by atoms with Crippen LogP contribution in [0.15, 0.2) is 18.5 Å². The number of rotatable bonds is 9. The number of fused-ring (bicyclic) bond motifs is 1. The van der Waals surface area contributed by atoms with E-state index < -0.39 is 48.6 Å². The molecule has 1 amide bonds. The summed E-state index contributed by atoms with van der Waals surface area (Å²) in [4.78, 5) is 17.0. The minimum Gasteiger partial charge on any atom is -0.444 e. The minimum atomic E-state index is -4.35. The second-order valence-corrected chi connectivity index (χ2v) is 10.4. The third-order valence-electron chi connectivity index (χ3n) is 6.09. The first-order chi connectivity index (χ1) is 17.0. The highest BCUT2D eigenvalue weighted by Crippen LogP contribution is 2.41. The minimum absolute atomic E-state index is 0.158. The molecule has 37 heavy (non-hydrogen) atoms. The largest absolute Gasteiger partial charge is 0.444 e. The lowest BCUT2D eigenvalue weighted by molar-refractivity contribution is -0.199. The van der Waals surface area contributed by atoms with Crippen molar-refractivity contribution < 1.29 is 35.9 Å². The zero-order valence-corrected chi connectivity index (χ0v) is 20.8. The Bertz CT molecular complexity index is 1080. The molecule has 8 nitrogen and oxygen atoms in total. The molecule has 1 aliphatic rings. The summed E-state index contributed by atoms with van der Waals surface area (Å²) in [6, 6.07) is 0.786. The van der Waals surface area contributed by atoms with Crippen molar-refractivity contribution in [2.75, 3.05) is 13.1 Å². The third-order valence-corrected chi connectivity index (χ3v) is 6.09. The van der Waals surface area contributed by atoms with E-state index in [1.165, 1.54) is 23.0 Å². The van der Waals surface area contributed by atoms with Crippen LogP contribution in [0.1, 0.15) is 63.8 Å². The number of hydrogen-bond acceptors (Lipinski definition) is 6. The number of carbonyl (C=O) groups excluding carboxylic acids is 1. The number of nitrogens with two attached hydrogens (primary N) is 1. The van der Waals surface area contributed by atoms with E-state index in [0.29, 0.717) is 16.9 Å². The van der Waals surface area contributed by atoms with Crippen molar-refractivity contribution in [1.29, 1.82) is 0 Å². The number of carbonyl (C=O) groups is 1. The van der Waals surface area contributed by atoms with Crippen molar-refractivity contribution in [2.45, 2.75) is 82.4 Å². The molecule has 2 aromatic rings. The molecule has 0 saturated heterocycles. The molecule has 0 aromatic carbocycles. The summed E-state index contributed by atoms with van der Waals surface area (Å²) in [7, 11) is 0. The van der Waals surface area contributed by atoms with Crippen molar-refractivity contribution in [3.8, 4) is 0 Å². The van der Waals surface area contributed by atoms with Gasteiger partial charge >= 0.3 is 17.9 Å². The third kappa shape index (κ3) is 7.46. The molecule has 1 atom stereocenters. The van der Waals surface area contributed by atoms with Gasteiger partial charge < -0.3 is 21.1 Å². The predicted octanol–water partition coefficient (Wildman–Crippen LogP) is 4.44. The topological polar surface area (TPSA) is 107 Å². The lowest BCUT2D eigenvalue weighted by atomic mass is 9.81. The number of amides is 1. The van der Waals surface area contributed by atoms with Crippen LogP contribution in [0.4, 0.5) is 31.1 Å². The fourth-order valence-electron chi connectivity index (χ4n) is 4.09. The number of nitrogens with zero attached hydrogens (tertiary/aromatic N) is 3. The number of alkyl carbamates (subject to hydrolysis) is 1. The number of ether oxygens (including phenoxy) is 1. The van der Waals surface area contributed by atoms with Gasteiger partial charge in [-0.1, -0.05) is 0 Å². The van der Waals surface area contributed by atoms with Gasteiger partial charge in [0.15, 0.2) is 5.65 Å². The van der Waals surface area contributed by atoms with Crippen LogP contribution >= 0.6 is 0 Å². The van der Waals surface area contributed by atoms with E-state index >= 15 is 0 Å². The first-order valence-electron chi connectivity index (χ1n) is 11.9. The molecular weight excluding hydrogens is 506 g/mol. The van der Waals surface area contributed by atoms with E-state index in [-0.39, 0.29) is 38.1 Å². The molecule has 14 heteroatoms. The van der Waals surface area contributed by atoms with E-state index in [1.807, 2.05) is 0 Å². The van der Waals surface area contributed by atoms with Crippen molar-refractivity contribution in [3.05, 3.63) is 29.7 Å². The van der Waals surface area contributed by atoms with Gasteiger partial charge in [-0.2, -0.15) is 22.7 Å². The van der Waals surface area contributed by atoms with Gasteiger partial charge in [-0.05, 0) is 51.2 Å². The van der Waals surface area contributed by atoms with Gasteiger partial charge in [-0.3, -0.25) is 0 Å². The molecule has 2 heterocycles. The van der Waals surface area contributed by atoms with Crippen LogP contribution in [0.25, 0.3) is 5.65 Å². The van der Waals surface area contributed by atoms with Crippen LogP contribution in [-0.2, 0) is 11.3 Å². The van der Waals surface area contributed by atoms with E-state index in [0.717, 1.165) is 0 Å². The Morgan fingerprint density at radius 2 is 1.86 bits per heavy atom. The lowest BCUT2D eigenvalue weighted by Crippen LogP contribution is -2.51. The molecule has 1 saturated carbocycles.